The van der Waals surface area contributed by atoms with Crippen LogP contribution in [0, 0.1) is 11.8 Å². The average Bonchev–Trinajstić information content (AvgIpc) is 3.48. The van der Waals surface area contributed by atoms with Gasteiger partial charge in [-0.25, -0.2) is 0 Å². The average molecular weight is 405 g/mol. The molecule has 2 amide bonds. The molecule has 2 fully saturated rings. The third kappa shape index (κ3) is 5.38. The van der Waals surface area contributed by atoms with E-state index in [9.17, 15) is 9.59 Å². The fraction of sp³-hybridized carbons (Fsp3) is 0.417. The highest BCUT2D eigenvalue weighted by atomic mass is 16.2. The van der Waals surface area contributed by atoms with Crippen LogP contribution in [0.2, 0.25) is 0 Å². The first-order valence-electron chi connectivity index (χ1n) is 10.8. The summed E-state index contributed by atoms with van der Waals surface area (Å²) in [5, 5.41) is 12.4. The topological polar surface area (TPSA) is 82.3 Å². The van der Waals surface area contributed by atoms with E-state index in [1.807, 2.05) is 36.4 Å². The maximum atomic E-state index is 12.2. The van der Waals surface area contributed by atoms with Crippen molar-refractivity contribution >= 4 is 17.5 Å². The van der Waals surface area contributed by atoms with Crippen LogP contribution in [0.3, 0.4) is 0 Å². The van der Waals surface area contributed by atoms with Crippen molar-refractivity contribution in [3.05, 3.63) is 53.3 Å². The minimum absolute atomic E-state index is 0.0251. The Balaban J connectivity index is 1.30. The highest BCUT2D eigenvalue weighted by Crippen LogP contribution is 2.17. The number of hydrogen-bond acceptors (Lipinski definition) is 4. The first kappa shape index (κ1) is 20.4. The number of hydrogen-bond donors (Lipinski definition) is 4. The zero-order chi connectivity index (χ0) is 20.8. The lowest BCUT2D eigenvalue weighted by Crippen LogP contribution is -2.40. The van der Waals surface area contributed by atoms with Crippen molar-refractivity contribution in [3.63, 3.8) is 0 Å². The van der Waals surface area contributed by atoms with E-state index in [1.165, 1.54) is 0 Å². The van der Waals surface area contributed by atoms with Gasteiger partial charge in [-0.15, -0.1) is 0 Å². The standard InChI is InChI=1S/C24H28N4O2/c29-23(21-3-1-15-25-21)27-19-11-7-17(8-12-19)5-6-18-9-13-20(14-10-18)28-24(30)22-4-2-16-26-22/h7-9,11-13,21-22,25-26H,1-4,10,14-16H2,(H,27,29)(H,28,30)/t21-,22-/m0/s1. The molecular weight excluding hydrogens is 376 g/mol. The first-order chi connectivity index (χ1) is 14.7. The summed E-state index contributed by atoms with van der Waals surface area (Å²) in [4.78, 5) is 24.3. The molecule has 4 N–H and O–H groups in total. The summed E-state index contributed by atoms with van der Waals surface area (Å²) in [6.45, 7) is 1.82. The molecule has 4 rings (SSSR count). The third-order valence-electron chi connectivity index (χ3n) is 5.71. The van der Waals surface area contributed by atoms with Crippen molar-refractivity contribution < 1.29 is 9.59 Å². The van der Waals surface area contributed by atoms with Crippen molar-refractivity contribution in [2.45, 2.75) is 50.6 Å². The Kier molecular flexibility index (Phi) is 6.63. The van der Waals surface area contributed by atoms with Crippen LogP contribution in [-0.4, -0.2) is 37.0 Å². The number of allylic oxidation sites excluding steroid dienone is 4. The molecule has 0 aromatic heterocycles. The second-order valence-electron chi connectivity index (χ2n) is 7.99. The van der Waals surface area contributed by atoms with Gasteiger partial charge in [-0.2, -0.15) is 0 Å². The summed E-state index contributed by atoms with van der Waals surface area (Å²) in [7, 11) is 0. The Morgan fingerprint density at radius 2 is 1.50 bits per heavy atom. The maximum absolute atomic E-state index is 12.2. The van der Waals surface area contributed by atoms with Gasteiger partial charge in [-0.3, -0.25) is 9.59 Å². The molecule has 2 heterocycles. The molecule has 0 bridgehead atoms. The molecule has 2 atom stereocenters. The van der Waals surface area contributed by atoms with Crippen molar-refractivity contribution in [3.8, 4) is 11.8 Å². The van der Waals surface area contributed by atoms with E-state index < -0.39 is 0 Å². The van der Waals surface area contributed by atoms with Crippen LogP contribution in [0.4, 0.5) is 5.69 Å². The molecule has 6 nitrogen and oxygen atoms in total. The summed E-state index contributed by atoms with van der Waals surface area (Å²) in [5.74, 6) is 6.49. The van der Waals surface area contributed by atoms with E-state index in [0.717, 1.165) is 74.1 Å². The van der Waals surface area contributed by atoms with Crippen molar-refractivity contribution in [2.24, 2.45) is 0 Å². The number of carbonyl (C=O) groups excluding carboxylic acids is 2. The second kappa shape index (κ2) is 9.75. The van der Waals surface area contributed by atoms with Crippen molar-refractivity contribution in [1.29, 1.82) is 0 Å². The molecule has 156 valence electrons. The summed E-state index contributed by atoms with van der Waals surface area (Å²) in [6, 6.07) is 7.47. The second-order valence-corrected chi connectivity index (χ2v) is 7.99. The third-order valence-corrected chi connectivity index (χ3v) is 5.71. The highest BCUT2D eigenvalue weighted by molar-refractivity contribution is 5.95. The Morgan fingerprint density at radius 1 is 0.833 bits per heavy atom. The van der Waals surface area contributed by atoms with Crippen LogP contribution >= 0.6 is 0 Å². The van der Waals surface area contributed by atoms with Crippen LogP contribution in [0.25, 0.3) is 0 Å². The van der Waals surface area contributed by atoms with E-state index >= 15 is 0 Å². The summed E-state index contributed by atoms with van der Waals surface area (Å²) in [6.07, 6.45) is 9.45. The van der Waals surface area contributed by atoms with E-state index in [2.05, 4.69) is 33.1 Å². The lowest BCUT2D eigenvalue weighted by Gasteiger charge is -2.16. The van der Waals surface area contributed by atoms with E-state index in [4.69, 9.17) is 0 Å². The maximum Gasteiger partial charge on any atom is 0.241 e. The molecule has 0 spiro atoms. The first-order valence-corrected chi connectivity index (χ1v) is 10.8. The molecule has 6 heteroatoms. The van der Waals surface area contributed by atoms with Gasteiger partial charge in [-0.1, -0.05) is 11.8 Å². The van der Waals surface area contributed by atoms with Gasteiger partial charge < -0.3 is 21.3 Å². The number of amides is 2. The zero-order valence-corrected chi connectivity index (χ0v) is 17.1. The van der Waals surface area contributed by atoms with Gasteiger partial charge >= 0.3 is 0 Å². The number of carbonyl (C=O) groups is 2. The lowest BCUT2D eigenvalue weighted by atomic mass is 10.0. The lowest BCUT2D eigenvalue weighted by molar-refractivity contribution is -0.122. The smallest absolute Gasteiger partial charge is 0.241 e. The van der Waals surface area contributed by atoms with Crippen molar-refractivity contribution in [2.75, 3.05) is 18.4 Å². The Bertz CT molecular complexity index is 909. The van der Waals surface area contributed by atoms with E-state index in [0.29, 0.717) is 0 Å². The molecule has 2 saturated heterocycles. The fourth-order valence-electron chi connectivity index (χ4n) is 3.93. The van der Waals surface area contributed by atoms with Gasteiger partial charge in [0.1, 0.15) is 0 Å². The van der Waals surface area contributed by atoms with Gasteiger partial charge in [0.2, 0.25) is 11.8 Å². The SMILES string of the molecule is O=C(NC1=CC=C(C#Cc2ccc(NC(=O)[C@@H]3CCCN3)cc2)CC1)[C@@H]1CCCN1. The summed E-state index contributed by atoms with van der Waals surface area (Å²) < 4.78 is 0. The van der Waals surface area contributed by atoms with E-state index in [1.54, 1.807) is 0 Å². The fourth-order valence-corrected chi connectivity index (χ4v) is 3.93. The molecule has 0 saturated carbocycles. The van der Waals surface area contributed by atoms with Gasteiger partial charge in [0.25, 0.3) is 0 Å². The number of benzene rings is 1. The van der Waals surface area contributed by atoms with Gasteiger partial charge in [0.15, 0.2) is 0 Å². The quantitative estimate of drug-likeness (QED) is 0.580. The van der Waals surface area contributed by atoms with Crippen LogP contribution in [0.15, 0.2) is 47.7 Å². The normalized spacial score (nSPS) is 23.1. The van der Waals surface area contributed by atoms with Crippen LogP contribution in [-0.2, 0) is 9.59 Å². The largest absolute Gasteiger partial charge is 0.328 e. The molecule has 2 aliphatic heterocycles. The van der Waals surface area contributed by atoms with Crippen LogP contribution in [0.5, 0.6) is 0 Å². The molecule has 1 aliphatic carbocycles. The van der Waals surface area contributed by atoms with E-state index in [-0.39, 0.29) is 23.9 Å². The molecule has 3 aliphatic rings. The van der Waals surface area contributed by atoms with Crippen LogP contribution < -0.4 is 21.3 Å². The number of rotatable bonds is 4. The molecular formula is C24H28N4O2. The van der Waals surface area contributed by atoms with Gasteiger partial charge in [-0.05, 0) is 88.0 Å². The minimum Gasteiger partial charge on any atom is -0.328 e. The summed E-state index contributed by atoms with van der Waals surface area (Å²) in [5.41, 5.74) is 3.70. The monoisotopic (exact) mass is 404 g/mol. The Hall–Kier alpha value is -2.88. The Labute approximate surface area is 177 Å². The Morgan fingerprint density at radius 3 is 2.07 bits per heavy atom. The van der Waals surface area contributed by atoms with Gasteiger partial charge in [0.05, 0.1) is 12.1 Å². The predicted octanol–water partition coefficient (Wildman–Crippen LogP) is 2.20. The molecule has 1 aromatic rings. The van der Waals surface area contributed by atoms with Gasteiger partial charge in [0, 0.05) is 22.5 Å². The molecule has 1 aromatic carbocycles. The molecule has 30 heavy (non-hydrogen) atoms. The zero-order valence-electron chi connectivity index (χ0n) is 17.1. The van der Waals surface area contributed by atoms with Crippen LogP contribution in [0.1, 0.15) is 44.1 Å². The highest BCUT2D eigenvalue weighted by Gasteiger charge is 2.23. The predicted molar refractivity (Wildman–Crippen MR) is 118 cm³/mol. The molecule has 0 radical (unpaired) electrons. The number of nitrogens with one attached hydrogen (secondary N) is 4. The number of anilines is 1. The van der Waals surface area contributed by atoms with Crippen molar-refractivity contribution in [1.82, 2.24) is 16.0 Å². The molecule has 0 unspecified atom stereocenters. The summed E-state index contributed by atoms with van der Waals surface area (Å²) >= 11 is 0. The minimum atomic E-state index is -0.0835.